The van der Waals surface area contributed by atoms with Gasteiger partial charge in [-0.2, -0.15) is 0 Å². The van der Waals surface area contributed by atoms with Crippen molar-refractivity contribution in [3.8, 4) is 10.0 Å². The van der Waals surface area contributed by atoms with E-state index in [1.54, 1.807) is 0 Å². The van der Waals surface area contributed by atoms with Crippen molar-refractivity contribution in [3.63, 3.8) is 0 Å². The summed E-state index contributed by atoms with van der Waals surface area (Å²) >= 11 is 0.455. The standard InChI is InChI=1S/C17H14Se/c1-2-5-13-8-10-14(11-9-13)17-12-15-6-3-4-7-16(15)18-17/h2-4,6-12H,1,5H2. The molecule has 18 heavy (non-hydrogen) atoms. The molecule has 0 N–H and O–H groups in total. The van der Waals surface area contributed by atoms with Crippen LogP contribution in [-0.4, -0.2) is 14.5 Å². The molecule has 0 atom stereocenters. The van der Waals surface area contributed by atoms with E-state index in [0.717, 1.165) is 6.42 Å². The van der Waals surface area contributed by atoms with Crippen LogP contribution in [0.1, 0.15) is 5.56 Å². The minimum atomic E-state index is 0.455. The third-order valence-electron chi connectivity index (χ3n) is 3.04. The van der Waals surface area contributed by atoms with Gasteiger partial charge in [-0.15, -0.1) is 0 Å². The number of fused-ring (bicyclic) bond motifs is 1. The van der Waals surface area contributed by atoms with E-state index in [0.29, 0.717) is 14.5 Å². The van der Waals surface area contributed by atoms with Crippen LogP contribution in [0.15, 0.2) is 67.3 Å². The predicted octanol–water partition coefficient (Wildman–Crippen LogP) is 4.29. The van der Waals surface area contributed by atoms with Crippen LogP contribution in [0.25, 0.3) is 19.6 Å². The summed E-state index contributed by atoms with van der Waals surface area (Å²) in [5, 5.41) is 1.39. The van der Waals surface area contributed by atoms with Gasteiger partial charge in [0, 0.05) is 0 Å². The van der Waals surface area contributed by atoms with Crippen molar-refractivity contribution >= 4 is 24.1 Å². The van der Waals surface area contributed by atoms with Crippen LogP contribution in [-0.2, 0) is 6.42 Å². The zero-order valence-electron chi connectivity index (χ0n) is 10.1. The van der Waals surface area contributed by atoms with E-state index in [1.165, 1.54) is 25.2 Å². The zero-order valence-corrected chi connectivity index (χ0v) is 11.8. The number of benzene rings is 2. The Bertz CT molecular complexity index is 641. The number of hydrogen-bond donors (Lipinski definition) is 0. The van der Waals surface area contributed by atoms with Crippen molar-refractivity contribution < 1.29 is 0 Å². The zero-order chi connectivity index (χ0) is 12.4. The second-order valence-electron chi connectivity index (χ2n) is 4.34. The number of allylic oxidation sites excluding steroid dienone is 1. The van der Waals surface area contributed by atoms with Crippen molar-refractivity contribution in [1.29, 1.82) is 0 Å². The van der Waals surface area contributed by atoms with Crippen molar-refractivity contribution in [3.05, 3.63) is 72.8 Å². The molecule has 0 aliphatic rings. The maximum atomic E-state index is 3.77. The first kappa shape index (κ1) is 11.5. The average molecular weight is 297 g/mol. The number of hydrogen-bond acceptors (Lipinski definition) is 0. The van der Waals surface area contributed by atoms with Crippen LogP contribution in [0, 0.1) is 0 Å². The van der Waals surface area contributed by atoms with Crippen LogP contribution in [0.5, 0.6) is 0 Å². The minimum absolute atomic E-state index is 0.455. The van der Waals surface area contributed by atoms with Crippen LogP contribution in [0.2, 0.25) is 0 Å². The van der Waals surface area contributed by atoms with Crippen LogP contribution >= 0.6 is 0 Å². The molecule has 3 rings (SSSR count). The fraction of sp³-hybridized carbons (Fsp3) is 0.0588. The average Bonchev–Trinajstić information content (AvgIpc) is 2.84. The Morgan fingerprint density at radius 3 is 2.50 bits per heavy atom. The van der Waals surface area contributed by atoms with Crippen molar-refractivity contribution in [1.82, 2.24) is 0 Å². The fourth-order valence-corrected chi connectivity index (χ4v) is 4.34. The Balaban J connectivity index is 2.00. The SMILES string of the molecule is C=CCc1ccc(-c2cc3ccccc3[se]2)cc1. The summed E-state index contributed by atoms with van der Waals surface area (Å²) in [6, 6.07) is 19.9. The molecule has 88 valence electrons. The van der Waals surface area contributed by atoms with E-state index in [2.05, 4.69) is 61.2 Å². The molecule has 0 nitrogen and oxygen atoms in total. The van der Waals surface area contributed by atoms with Gasteiger partial charge in [0.15, 0.2) is 0 Å². The summed E-state index contributed by atoms with van der Waals surface area (Å²) in [7, 11) is 0. The van der Waals surface area contributed by atoms with Gasteiger partial charge in [-0.3, -0.25) is 0 Å². The summed E-state index contributed by atoms with van der Waals surface area (Å²) in [6.45, 7) is 3.77. The molecule has 0 radical (unpaired) electrons. The van der Waals surface area contributed by atoms with Crippen LogP contribution in [0.3, 0.4) is 0 Å². The molecule has 0 aliphatic carbocycles. The van der Waals surface area contributed by atoms with Gasteiger partial charge in [-0.1, -0.05) is 0 Å². The topological polar surface area (TPSA) is 0 Å². The van der Waals surface area contributed by atoms with E-state index >= 15 is 0 Å². The van der Waals surface area contributed by atoms with Crippen molar-refractivity contribution in [2.45, 2.75) is 6.42 Å². The van der Waals surface area contributed by atoms with Gasteiger partial charge in [0.05, 0.1) is 0 Å². The van der Waals surface area contributed by atoms with E-state index in [-0.39, 0.29) is 0 Å². The van der Waals surface area contributed by atoms with Gasteiger partial charge >= 0.3 is 113 Å². The van der Waals surface area contributed by atoms with Crippen molar-refractivity contribution in [2.75, 3.05) is 0 Å². The van der Waals surface area contributed by atoms with Gasteiger partial charge < -0.3 is 0 Å². The van der Waals surface area contributed by atoms with E-state index in [1.807, 2.05) is 6.08 Å². The van der Waals surface area contributed by atoms with Crippen LogP contribution in [0.4, 0.5) is 0 Å². The third kappa shape index (κ3) is 2.20. The van der Waals surface area contributed by atoms with Gasteiger partial charge in [-0.25, -0.2) is 0 Å². The molecule has 0 spiro atoms. The van der Waals surface area contributed by atoms with Crippen LogP contribution < -0.4 is 0 Å². The maximum absolute atomic E-state index is 3.77. The predicted molar refractivity (Wildman–Crippen MR) is 80.2 cm³/mol. The van der Waals surface area contributed by atoms with E-state index < -0.39 is 0 Å². The molecule has 0 saturated heterocycles. The molecule has 1 aromatic heterocycles. The molecule has 1 heteroatoms. The van der Waals surface area contributed by atoms with E-state index in [4.69, 9.17) is 0 Å². The molecule has 0 fully saturated rings. The summed E-state index contributed by atoms with van der Waals surface area (Å²) in [4.78, 5) is 0. The Morgan fingerprint density at radius 2 is 1.78 bits per heavy atom. The molecule has 0 bridgehead atoms. The molecule has 0 amide bonds. The molecule has 1 heterocycles. The Hall–Kier alpha value is -1.56. The number of rotatable bonds is 3. The monoisotopic (exact) mass is 298 g/mol. The first-order valence-electron chi connectivity index (χ1n) is 6.05. The fourth-order valence-electron chi connectivity index (χ4n) is 2.10. The molecular formula is C17H14Se. The second kappa shape index (κ2) is 4.97. The molecule has 2 aromatic carbocycles. The second-order valence-corrected chi connectivity index (χ2v) is 6.61. The summed E-state index contributed by atoms with van der Waals surface area (Å²) < 4.78 is 2.98. The Labute approximate surface area is 113 Å². The molecule has 0 unspecified atom stereocenters. The van der Waals surface area contributed by atoms with Gasteiger partial charge in [0.2, 0.25) is 0 Å². The third-order valence-corrected chi connectivity index (χ3v) is 5.49. The summed E-state index contributed by atoms with van der Waals surface area (Å²) in [6.07, 6.45) is 2.90. The first-order chi connectivity index (χ1) is 8.86. The molecule has 3 aromatic rings. The molecule has 0 aliphatic heterocycles. The normalized spacial score (nSPS) is 10.7. The van der Waals surface area contributed by atoms with Gasteiger partial charge in [0.25, 0.3) is 0 Å². The Kier molecular flexibility index (Phi) is 3.18. The van der Waals surface area contributed by atoms with Gasteiger partial charge in [0.1, 0.15) is 0 Å². The summed E-state index contributed by atoms with van der Waals surface area (Å²) in [5.41, 5.74) is 2.69. The first-order valence-corrected chi connectivity index (χ1v) is 7.77. The summed E-state index contributed by atoms with van der Waals surface area (Å²) in [5.74, 6) is 0. The van der Waals surface area contributed by atoms with Gasteiger partial charge in [-0.05, 0) is 0 Å². The molecule has 0 saturated carbocycles. The van der Waals surface area contributed by atoms with E-state index in [9.17, 15) is 0 Å². The Morgan fingerprint density at radius 1 is 1.00 bits per heavy atom. The quantitative estimate of drug-likeness (QED) is 0.499. The van der Waals surface area contributed by atoms with Crippen molar-refractivity contribution in [2.24, 2.45) is 0 Å². The molecular weight excluding hydrogens is 283 g/mol.